The van der Waals surface area contributed by atoms with Gasteiger partial charge in [-0.25, -0.2) is 0 Å². The number of rotatable bonds is 0. The van der Waals surface area contributed by atoms with Crippen LogP contribution in [0.25, 0.3) is 0 Å². The van der Waals surface area contributed by atoms with Crippen LogP contribution >= 0.6 is 0 Å². The molecule has 41 valence electrons. The minimum absolute atomic E-state index is 1.24. The average molecular weight is 184 g/mol. The first-order chi connectivity index (χ1) is 3.70. The summed E-state index contributed by atoms with van der Waals surface area (Å²) in [7, 11) is 0. The monoisotopic (exact) mass is 183 g/mol. The molecule has 0 bridgehead atoms. The van der Waals surface area contributed by atoms with Crippen molar-refractivity contribution in [2.75, 3.05) is 0 Å². The molecule has 0 N–H and O–H groups in total. The summed E-state index contributed by atoms with van der Waals surface area (Å²) in [5.74, 6) is 0. The van der Waals surface area contributed by atoms with E-state index in [1.807, 2.05) is 0 Å². The van der Waals surface area contributed by atoms with Crippen molar-refractivity contribution in [2.24, 2.45) is 0 Å². The molecule has 0 saturated heterocycles. The third-order valence-corrected chi connectivity index (χ3v) is 2.80. The van der Waals surface area contributed by atoms with E-state index in [0.717, 1.165) is 0 Å². The Morgan fingerprint density at radius 2 is 2.12 bits per heavy atom. The normalized spacial score (nSPS) is 19.4. The van der Waals surface area contributed by atoms with Gasteiger partial charge in [0.1, 0.15) is 0 Å². The predicted molar refractivity (Wildman–Crippen MR) is 31.1 cm³/mol. The predicted octanol–water partition coefficient (Wildman–Crippen LogP) is 2.16. The molecule has 0 heterocycles. The molecule has 0 unspecified atom stereocenters. The summed E-state index contributed by atoms with van der Waals surface area (Å²) >= 11 is 1.58. The van der Waals surface area contributed by atoms with Crippen LogP contribution in [0, 0.1) is 0 Å². The van der Waals surface area contributed by atoms with Crippen molar-refractivity contribution in [1.82, 2.24) is 0 Å². The molecule has 0 amide bonds. The molecular weight excluding hydrogens is 175 g/mol. The van der Waals surface area contributed by atoms with E-state index in [1.54, 1.807) is 28.0 Å². The maximum atomic E-state index is 2.28. The molecule has 0 aromatic heterocycles. The molecule has 0 aromatic carbocycles. The summed E-state index contributed by atoms with van der Waals surface area (Å²) in [5, 5.41) is 0. The van der Waals surface area contributed by atoms with Crippen LogP contribution in [0.1, 0.15) is 20.3 Å². The van der Waals surface area contributed by atoms with E-state index in [9.17, 15) is 0 Å². The summed E-state index contributed by atoms with van der Waals surface area (Å²) in [6.45, 7) is 4.39. The quantitative estimate of drug-likeness (QED) is 0.541. The fourth-order valence-corrected chi connectivity index (χ4v) is 1.79. The third-order valence-electron chi connectivity index (χ3n) is 1.39. The molecule has 0 saturated carbocycles. The van der Waals surface area contributed by atoms with Crippen molar-refractivity contribution in [3.8, 4) is 0 Å². The fraction of sp³-hybridized carbons (Fsp3) is 0.429. The van der Waals surface area contributed by atoms with Crippen molar-refractivity contribution in [2.45, 2.75) is 20.3 Å². The Morgan fingerprint density at radius 1 is 1.50 bits per heavy atom. The molecule has 0 atom stereocenters. The van der Waals surface area contributed by atoms with E-state index in [0.29, 0.717) is 0 Å². The van der Waals surface area contributed by atoms with Gasteiger partial charge in [0.25, 0.3) is 0 Å². The SMILES string of the molecule is CC1=CC(C)=[C]([Zr])C1. The van der Waals surface area contributed by atoms with Gasteiger partial charge in [-0.3, -0.25) is 0 Å². The van der Waals surface area contributed by atoms with Gasteiger partial charge >= 0.3 is 65.5 Å². The van der Waals surface area contributed by atoms with E-state index < -0.39 is 0 Å². The zero-order valence-electron chi connectivity index (χ0n) is 5.28. The molecule has 1 aliphatic rings. The van der Waals surface area contributed by atoms with Gasteiger partial charge in [0.05, 0.1) is 0 Å². The van der Waals surface area contributed by atoms with Crippen LogP contribution in [0.3, 0.4) is 0 Å². The zero-order chi connectivity index (χ0) is 6.15. The van der Waals surface area contributed by atoms with Gasteiger partial charge in [-0.2, -0.15) is 0 Å². The Bertz CT molecular complexity index is 163. The van der Waals surface area contributed by atoms with Crippen LogP contribution in [-0.2, 0) is 24.7 Å². The minimum atomic E-state index is 1.24. The Hall–Kier alpha value is 0.363. The molecule has 0 aliphatic heterocycles. The Labute approximate surface area is 65.5 Å². The summed E-state index contributed by atoms with van der Waals surface area (Å²) in [5.41, 5.74) is 3.02. The van der Waals surface area contributed by atoms with Crippen molar-refractivity contribution < 1.29 is 24.7 Å². The standard InChI is InChI=1S/C7H9.Zr/c1-6-3-4-7(2)5-6;/h5H,3H2,1-2H3;. The first-order valence-corrected chi connectivity index (χ1v) is 4.01. The van der Waals surface area contributed by atoms with Gasteiger partial charge < -0.3 is 0 Å². The number of allylic oxidation sites excluding steroid dienone is 4. The molecule has 0 aromatic rings. The average Bonchev–Trinajstić information content (AvgIpc) is 1.85. The molecule has 0 spiro atoms. The van der Waals surface area contributed by atoms with Crippen molar-refractivity contribution in [3.63, 3.8) is 0 Å². The Morgan fingerprint density at radius 3 is 2.25 bits per heavy atom. The molecule has 8 heavy (non-hydrogen) atoms. The van der Waals surface area contributed by atoms with E-state index in [1.165, 1.54) is 17.6 Å². The second-order valence-corrected chi connectivity index (χ2v) is 3.81. The Balaban J connectivity index is 2.79. The van der Waals surface area contributed by atoms with Crippen LogP contribution in [0.5, 0.6) is 0 Å². The molecular formula is C7H9Zr. The van der Waals surface area contributed by atoms with Crippen LogP contribution < -0.4 is 0 Å². The molecule has 1 rings (SSSR count). The van der Waals surface area contributed by atoms with Crippen LogP contribution in [0.2, 0.25) is 0 Å². The van der Waals surface area contributed by atoms with Crippen LogP contribution in [0.4, 0.5) is 0 Å². The van der Waals surface area contributed by atoms with Crippen LogP contribution in [0.15, 0.2) is 20.5 Å². The van der Waals surface area contributed by atoms with Gasteiger partial charge in [0.15, 0.2) is 0 Å². The third kappa shape index (κ3) is 1.20. The molecule has 1 heteroatoms. The summed E-state index contributed by atoms with van der Waals surface area (Å²) < 4.78 is 1.62. The first-order valence-electron chi connectivity index (χ1n) is 2.78. The fourth-order valence-electron chi connectivity index (χ4n) is 0.926. The number of hydrogen-bond donors (Lipinski definition) is 0. The van der Waals surface area contributed by atoms with Gasteiger partial charge in [-0.1, -0.05) is 0 Å². The summed E-state index contributed by atoms with van der Waals surface area (Å²) in [6, 6.07) is 0. The van der Waals surface area contributed by atoms with Crippen molar-refractivity contribution in [3.05, 3.63) is 20.5 Å². The summed E-state index contributed by atoms with van der Waals surface area (Å²) in [6.07, 6.45) is 3.52. The van der Waals surface area contributed by atoms with Gasteiger partial charge in [0, 0.05) is 0 Å². The summed E-state index contributed by atoms with van der Waals surface area (Å²) in [4.78, 5) is 0. The van der Waals surface area contributed by atoms with E-state index >= 15 is 0 Å². The first kappa shape index (κ1) is 6.48. The maximum absolute atomic E-state index is 2.28. The van der Waals surface area contributed by atoms with Gasteiger partial charge in [0.2, 0.25) is 0 Å². The van der Waals surface area contributed by atoms with Crippen molar-refractivity contribution in [1.29, 1.82) is 0 Å². The zero-order valence-corrected chi connectivity index (χ0v) is 7.74. The second kappa shape index (κ2) is 2.31. The van der Waals surface area contributed by atoms with E-state index in [-0.39, 0.29) is 0 Å². The van der Waals surface area contributed by atoms with Gasteiger partial charge in [-0.05, 0) is 0 Å². The topological polar surface area (TPSA) is 0 Å². The molecule has 0 radical (unpaired) electrons. The molecule has 0 nitrogen and oxygen atoms in total. The second-order valence-electron chi connectivity index (χ2n) is 2.33. The molecule has 0 fully saturated rings. The van der Waals surface area contributed by atoms with Gasteiger partial charge in [-0.15, -0.1) is 0 Å². The molecule has 1 aliphatic carbocycles. The Kier molecular flexibility index (Phi) is 1.87. The van der Waals surface area contributed by atoms with E-state index in [4.69, 9.17) is 0 Å². The van der Waals surface area contributed by atoms with Crippen molar-refractivity contribution >= 4 is 0 Å². The van der Waals surface area contributed by atoms with E-state index in [2.05, 4.69) is 19.9 Å². The van der Waals surface area contributed by atoms with Crippen LogP contribution in [-0.4, -0.2) is 0 Å². The number of hydrogen-bond acceptors (Lipinski definition) is 0.